The summed E-state index contributed by atoms with van der Waals surface area (Å²) in [6.45, 7) is 9.46. The molecule has 0 spiro atoms. The zero-order chi connectivity index (χ0) is 13.4. The van der Waals surface area contributed by atoms with Crippen LogP contribution in [0.5, 0.6) is 5.75 Å². The molecule has 0 heterocycles. The van der Waals surface area contributed by atoms with Gasteiger partial charge in [-0.15, -0.1) is 0 Å². The first kappa shape index (κ1) is 15.4. The SMILES string of the molecule is CCNC(CSCC)c1cccc(OC(C)C)c1. The van der Waals surface area contributed by atoms with E-state index in [0.29, 0.717) is 6.04 Å². The molecule has 0 saturated heterocycles. The number of hydrogen-bond acceptors (Lipinski definition) is 3. The Kier molecular flexibility index (Phi) is 7.21. The molecule has 1 rings (SSSR count). The van der Waals surface area contributed by atoms with E-state index >= 15 is 0 Å². The number of nitrogens with one attached hydrogen (secondary N) is 1. The Hall–Kier alpha value is -0.670. The Morgan fingerprint density at radius 1 is 1.28 bits per heavy atom. The Balaban J connectivity index is 2.76. The molecule has 18 heavy (non-hydrogen) atoms. The molecule has 102 valence electrons. The van der Waals surface area contributed by atoms with Gasteiger partial charge in [0.25, 0.3) is 0 Å². The molecule has 1 unspecified atom stereocenters. The van der Waals surface area contributed by atoms with E-state index in [1.807, 2.05) is 17.8 Å². The highest BCUT2D eigenvalue weighted by Crippen LogP contribution is 2.23. The summed E-state index contributed by atoms with van der Waals surface area (Å²) in [7, 11) is 0. The smallest absolute Gasteiger partial charge is 0.120 e. The largest absolute Gasteiger partial charge is 0.491 e. The van der Waals surface area contributed by atoms with Gasteiger partial charge in [0, 0.05) is 11.8 Å². The van der Waals surface area contributed by atoms with Crippen molar-refractivity contribution in [2.45, 2.75) is 39.8 Å². The second kappa shape index (κ2) is 8.44. The first-order valence-electron chi connectivity index (χ1n) is 6.75. The van der Waals surface area contributed by atoms with Gasteiger partial charge >= 0.3 is 0 Å². The highest BCUT2D eigenvalue weighted by Gasteiger charge is 2.11. The van der Waals surface area contributed by atoms with Crippen molar-refractivity contribution in [1.82, 2.24) is 5.32 Å². The highest BCUT2D eigenvalue weighted by molar-refractivity contribution is 7.99. The summed E-state index contributed by atoms with van der Waals surface area (Å²) in [5.74, 6) is 3.23. The van der Waals surface area contributed by atoms with Crippen LogP contribution in [-0.2, 0) is 0 Å². The van der Waals surface area contributed by atoms with Crippen molar-refractivity contribution < 1.29 is 4.74 Å². The first-order chi connectivity index (χ1) is 8.67. The Labute approximate surface area is 116 Å². The quantitative estimate of drug-likeness (QED) is 0.772. The zero-order valence-electron chi connectivity index (χ0n) is 11.9. The van der Waals surface area contributed by atoms with Crippen LogP contribution in [0.3, 0.4) is 0 Å². The van der Waals surface area contributed by atoms with Crippen LogP contribution in [0.1, 0.15) is 39.3 Å². The van der Waals surface area contributed by atoms with Crippen molar-refractivity contribution in [3.8, 4) is 5.75 Å². The van der Waals surface area contributed by atoms with Crippen LogP contribution in [0.15, 0.2) is 24.3 Å². The van der Waals surface area contributed by atoms with E-state index in [2.05, 4.69) is 51.2 Å². The molecular weight excluding hydrogens is 242 g/mol. The van der Waals surface area contributed by atoms with E-state index in [9.17, 15) is 0 Å². The highest BCUT2D eigenvalue weighted by atomic mass is 32.2. The summed E-state index contributed by atoms with van der Waals surface area (Å²) in [6, 6.07) is 8.85. The van der Waals surface area contributed by atoms with Gasteiger partial charge in [-0.25, -0.2) is 0 Å². The second-order valence-electron chi connectivity index (χ2n) is 4.51. The van der Waals surface area contributed by atoms with Gasteiger partial charge < -0.3 is 10.1 Å². The molecule has 0 aliphatic rings. The standard InChI is InChI=1S/C15H25NOS/c1-5-16-15(11-18-6-2)13-8-7-9-14(10-13)17-12(3)4/h7-10,12,15-16H,5-6,11H2,1-4H3. The van der Waals surface area contributed by atoms with Crippen LogP contribution in [0.4, 0.5) is 0 Å². The molecule has 0 saturated carbocycles. The van der Waals surface area contributed by atoms with Crippen LogP contribution in [0.2, 0.25) is 0 Å². The average Bonchev–Trinajstić information content (AvgIpc) is 2.34. The number of benzene rings is 1. The maximum absolute atomic E-state index is 5.75. The molecule has 1 atom stereocenters. The average molecular weight is 267 g/mol. The number of thioether (sulfide) groups is 1. The fourth-order valence-electron chi connectivity index (χ4n) is 1.83. The monoisotopic (exact) mass is 267 g/mol. The molecule has 1 aromatic rings. The molecular formula is C15H25NOS. The van der Waals surface area contributed by atoms with Crippen LogP contribution >= 0.6 is 11.8 Å². The Morgan fingerprint density at radius 2 is 2.06 bits per heavy atom. The molecule has 2 nitrogen and oxygen atoms in total. The zero-order valence-corrected chi connectivity index (χ0v) is 12.7. The minimum Gasteiger partial charge on any atom is -0.491 e. The summed E-state index contributed by atoms with van der Waals surface area (Å²) in [4.78, 5) is 0. The molecule has 0 amide bonds. The van der Waals surface area contributed by atoms with Gasteiger partial charge in [0.1, 0.15) is 5.75 Å². The third-order valence-corrected chi connectivity index (χ3v) is 3.55. The molecule has 0 bridgehead atoms. The van der Waals surface area contributed by atoms with Crippen LogP contribution in [0, 0.1) is 0 Å². The fraction of sp³-hybridized carbons (Fsp3) is 0.600. The van der Waals surface area contributed by atoms with E-state index in [-0.39, 0.29) is 6.10 Å². The predicted octanol–water partition coefficient (Wildman–Crippen LogP) is 3.88. The minimum atomic E-state index is 0.225. The minimum absolute atomic E-state index is 0.225. The Bertz CT molecular complexity index is 341. The van der Waals surface area contributed by atoms with E-state index in [1.165, 1.54) is 5.56 Å². The van der Waals surface area contributed by atoms with Crippen molar-refractivity contribution in [2.75, 3.05) is 18.1 Å². The summed E-state index contributed by atoms with van der Waals surface area (Å²) >= 11 is 1.97. The summed E-state index contributed by atoms with van der Waals surface area (Å²) < 4.78 is 5.75. The van der Waals surface area contributed by atoms with Crippen LogP contribution in [-0.4, -0.2) is 24.2 Å². The number of ether oxygens (including phenoxy) is 1. The maximum Gasteiger partial charge on any atom is 0.120 e. The predicted molar refractivity (Wildman–Crippen MR) is 81.6 cm³/mol. The number of hydrogen-bond donors (Lipinski definition) is 1. The van der Waals surface area contributed by atoms with Crippen LogP contribution in [0.25, 0.3) is 0 Å². The van der Waals surface area contributed by atoms with Gasteiger partial charge in [-0.2, -0.15) is 11.8 Å². The fourth-order valence-corrected chi connectivity index (χ4v) is 2.61. The van der Waals surface area contributed by atoms with Gasteiger partial charge in [-0.05, 0) is 43.8 Å². The molecule has 0 aromatic heterocycles. The van der Waals surface area contributed by atoms with Crippen molar-refractivity contribution in [2.24, 2.45) is 0 Å². The molecule has 3 heteroatoms. The topological polar surface area (TPSA) is 21.3 Å². The third kappa shape index (κ3) is 5.32. The molecule has 0 fully saturated rings. The summed E-state index contributed by atoms with van der Waals surface area (Å²) in [5.41, 5.74) is 1.32. The molecule has 0 aliphatic carbocycles. The molecule has 1 N–H and O–H groups in total. The van der Waals surface area contributed by atoms with Gasteiger partial charge in [0.05, 0.1) is 6.10 Å². The maximum atomic E-state index is 5.75. The van der Waals surface area contributed by atoms with Crippen molar-refractivity contribution in [3.63, 3.8) is 0 Å². The molecule has 0 radical (unpaired) electrons. The second-order valence-corrected chi connectivity index (χ2v) is 5.83. The lowest BCUT2D eigenvalue weighted by Gasteiger charge is -2.19. The van der Waals surface area contributed by atoms with Crippen LogP contribution < -0.4 is 10.1 Å². The first-order valence-corrected chi connectivity index (χ1v) is 7.90. The molecule has 0 aliphatic heterocycles. The lowest BCUT2D eigenvalue weighted by molar-refractivity contribution is 0.242. The summed E-state index contributed by atoms with van der Waals surface area (Å²) in [5, 5.41) is 3.54. The van der Waals surface area contributed by atoms with E-state index < -0.39 is 0 Å². The van der Waals surface area contributed by atoms with Gasteiger partial charge in [0.15, 0.2) is 0 Å². The normalized spacial score (nSPS) is 12.7. The van der Waals surface area contributed by atoms with Gasteiger partial charge in [-0.3, -0.25) is 0 Å². The van der Waals surface area contributed by atoms with Crippen molar-refractivity contribution in [1.29, 1.82) is 0 Å². The third-order valence-electron chi connectivity index (χ3n) is 2.57. The van der Waals surface area contributed by atoms with Gasteiger partial charge in [0.2, 0.25) is 0 Å². The lowest BCUT2D eigenvalue weighted by atomic mass is 10.1. The summed E-state index contributed by atoms with van der Waals surface area (Å²) in [6.07, 6.45) is 0.225. The van der Waals surface area contributed by atoms with E-state index in [0.717, 1.165) is 23.8 Å². The molecule has 1 aromatic carbocycles. The lowest BCUT2D eigenvalue weighted by Crippen LogP contribution is -2.23. The van der Waals surface area contributed by atoms with Crippen molar-refractivity contribution >= 4 is 11.8 Å². The Morgan fingerprint density at radius 3 is 2.67 bits per heavy atom. The number of rotatable bonds is 8. The van der Waals surface area contributed by atoms with Crippen molar-refractivity contribution in [3.05, 3.63) is 29.8 Å². The van der Waals surface area contributed by atoms with E-state index in [4.69, 9.17) is 4.74 Å². The van der Waals surface area contributed by atoms with E-state index in [1.54, 1.807) is 0 Å². The van der Waals surface area contributed by atoms with Gasteiger partial charge in [-0.1, -0.05) is 26.0 Å².